The summed E-state index contributed by atoms with van der Waals surface area (Å²) in [5.41, 5.74) is 1.79. The van der Waals surface area contributed by atoms with Gasteiger partial charge in [0.05, 0.1) is 18.8 Å². The highest BCUT2D eigenvalue weighted by molar-refractivity contribution is 5.73. The van der Waals surface area contributed by atoms with E-state index in [0.29, 0.717) is 19.6 Å². The van der Waals surface area contributed by atoms with Crippen LogP contribution >= 0.6 is 0 Å². The lowest BCUT2D eigenvalue weighted by molar-refractivity contribution is -0.145. The molecule has 1 aliphatic heterocycles. The van der Waals surface area contributed by atoms with Crippen molar-refractivity contribution in [3.05, 3.63) is 41.7 Å². The van der Waals surface area contributed by atoms with Crippen LogP contribution < -0.4 is 0 Å². The maximum absolute atomic E-state index is 11.4. The molecule has 2 aromatic heterocycles. The molecule has 3 rings (SSSR count). The Morgan fingerprint density at radius 2 is 2.35 bits per heavy atom. The summed E-state index contributed by atoms with van der Waals surface area (Å²) >= 11 is 0. The van der Waals surface area contributed by atoms with Crippen molar-refractivity contribution in [2.45, 2.75) is 32.6 Å². The van der Waals surface area contributed by atoms with Gasteiger partial charge in [-0.05, 0) is 19.1 Å². The van der Waals surface area contributed by atoms with E-state index in [1.807, 2.05) is 30.0 Å². The molecule has 2 aromatic rings. The maximum atomic E-state index is 11.4. The summed E-state index contributed by atoms with van der Waals surface area (Å²) in [5.74, 6) is -0.0489. The molecule has 1 atom stereocenters. The van der Waals surface area contributed by atoms with Gasteiger partial charge in [-0.25, -0.2) is 0 Å². The Labute approximate surface area is 115 Å². The number of hydrogen-bond acceptors (Lipinski definition) is 5. The number of aryl methyl sites for hydroxylation is 1. The topological polar surface area (TPSA) is 84.1 Å². The van der Waals surface area contributed by atoms with Crippen molar-refractivity contribution in [1.82, 2.24) is 24.6 Å². The molecule has 1 aliphatic rings. The van der Waals surface area contributed by atoms with Crippen molar-refractivity contribution in [1.29, 1.82) is 0 Å². The number of hydrogen-bond donors (Lipinski definition) is 1. The predicted molar refractivity (Wildman–Crippen MR) is 69.7 cm³/mol. The van der Waals surface area contributed by atoms with Crippen LogP contribution in [0.2, 0.25) is 0 Å². The van der Waals surface area contributed by atoms with E-state index in [2.05, 4.69) is 15.2 Å². The first-order chi connectivity index (χ1) is 9.63. The van der Waals surface area contributed by atoms with E-state index in [1.165, 1.54) is 0 Å². The van der Waals surface area contributed by atoms with E-state index in [0.717, 1.165) is 17.2 Å². The first kappa shape index (κ1) is 12.7. The fraction of sp³-hybridized carbons (Fsp3) is 0.385. The van der Waals surface area contributed by atoms with Crippen molar-refractivity contribution < 1.29 is 9.90 Å². The van der Waals surface area contributed by atoms with Crippen LogP contribution in [0.3, 0.4) is 0 Å². The van der Waals surface area contributed by atoms with Crippen LogP contribution in [-0.2, 0) is 24.4 Å². The van der Waals surface area contributed by atoms with Gasteiger partial charge in [-0.1, -0.05) is 6.07 Å². The maximum Gasteiger partial charge on any atom is 0.322 e. The van der Waals surface area contributed by atoms with Gasteiger partial charge in [0.15, 0.2) is 0 Å². The lowest BCUT2D eigenvalue weighted by Crippen LogP contribution is -2.47. The number of carboxylic acid groups (broad SMARTS) is 1. The number of pyridine rings is 1. The third kappa shape index (κ3) is 2.39. The number of fused-ring (bicyclic) bond motifs is 1. The summed E-state index contributed by atoms with van der Waals surface area (Å²) in [6.07, 6.45) is 1.58. The molecule has 0 radical (unpaired) electrons. The molecule has 1 N–H and O–H groups in total. The molecule has 3 heterocycles. The summed E-state index contributed by atoms with van der Waals surface area (Å²) in [6.45, 7) is 3.24. The van der Waals surface area contributed by atoms with Gasteiger partial charge in [0.2, 0.25) is 0 Å². The van der Waals surface area contributed by atoms with Crippen molar-refractivity contribution in [3.8, 4) is 0 Å². The number of nitrogens with zero attached hydrogens (tertiary/aromatic N) is 5. The van der Waals surface area contributed by atoms with Crippen LogP contribution in [0.15, 0.2) is 24.5 Å². The Morgan fingerprint density at radius 1 is 1.50 bits per heavy atom. The average molecular weight is 273 g/mol. The van der Waals surface area contributed by atoms with Gasteiger partial charge < -0.3 is 9.67 Å². The Bertz CT molecular complexity index is 639. The number of aliphatic carboxylic acids is 1. The van der Waals surface area contributed by atoms with E-state index in [1.54, 1.807) is 10.9 Å². The monoisotopic (exact) mass is 273 g/mol. The van der Waals surface area contributed by atoms with Gasteiger partial charge in [0.1, 0.15) is 18.2 Å². The number of carbonyl (C=O) groups is 1. The smallest absolute Gasteiger partial charge is 0.322 e. The highest BCUT2D eigenvalue weighted by Crippen LogP contribution is 2.18. The minimum Gasteiger partial charge on any atom is -0.480 e. The number of rotatable bonds is 3. The molecule has 0 amide bonds. The molecule has 0 spiro atoms. The van der Waals surface area contributed by atoms with Gasteiger partial charge in [-0.3, -0.25) is 14.7 Å². The first-order valence-electron chi connectivity index (χ1n) is 6.39. The van der Waals surface area contributed by atoms with Crippen LogP contribution in [0.5, 0.6) is 0 Å². The summed E-state index contributed by atoms with van der Waals surface area (Å²) in [5, 5.41) is 17.2. The molecule has 7 nitrogen and oxygen atoms in total. The van der Waals surface area contributed by atoms with E-state index in [9.17, 15) is 9.90 Å². The Hall–Kier alpha value is -2.28. The van der Waals surface area contributed by atoms with Gasteiger partial charge in [-0.15, -0.1) is 10.2 Å². The lowest BCUT2D eigenvalue weighted by Gasteiger charge is -2.32. The third-order valence-electron chi connectivity index (χ3n) is 3.45. The molecular weight excluding hydrogens is 258 g/mol. The SMILES string of the molecule is Cc1cccc(CN2Cc3nncn3CC2C(=O)O)n1. The largest absolute Gasteiger partial charge is 0.480 e. The molecule has 0 aromatic carbocycles. The molecule has 104 valence electrons. The molecule has 0 fully saturated rings. The Balaban J connectivity index is 1.85. The molecule has 7 heteroatoms. The number of aromatic nitrogens is 4. The fourth-order valence-corrected chi connectivity index (χ4v) is 2.44. The summed E-state index contributed by atoms with van der Waals surface area (Å²) in [6, 6.07) is 5.18. The summed E-state index contributed by atoms with van der Waals surface area (Å²) in [4.78, 5) is 17.7. The van der Waals surface area contributed by atoms with Gasteiger partial charge in [0.25, 0.3) is 0 Å². The average Bonchev–Trinajstić information content (AvgIpc) is 2.84. The van der Waals surface area contributed by atoms with Crippen molar-refractivity contribution >= 4 is 5.97 Å². The zero-order valence-corrected chi connectivity index (χ0v) is 11.1. The minimum atomic E-state index is -0.836. The van der Waals surface area contributed by atoms with Crippen molar-refractivity contribution in [2.24, 2.45) is 0 Å². The second kappa shape index (κ2) is 5.01. The van der Waals surface area contributed by atoms with Crippen LogP contribution in [0.25, 0.3) is 0 Å². The predicted octanol–water partition coefficient (Wildman–Crippen LogP) is 0.451. The van der Waals surface area contributed by atoms with Crippen LogP contribution in [0.1, 0.15) is 17.2 Å². The lowest BCUT2D eigenvalue weighted by atomic mass is 10.1. The first-order valence-corrected chi connectivity index (χ1v) is 6.39. The Kier molecular flexibility index (Phi) is 3.19. The number of carboxylic acids is 1. The molecule has 1 unspecified atom stereocenters. The standard InChI is InChI=1S/C13H15N5O2/c1-9-3-2-4-10(15-9)5-17-7-12-16-14-8-18(12)6-11(17)13(19)20/h2-4,8,11H,5-7H2,1H3,(H,19,20). The zero-order valence-electron chi connectivity index (χ0n) is 11.1. The highest BCUT2D eigenvalue weighted by Gasteiger charge is 2.32. The van der Waals surface area contributed by atoms with E-state index < -0.39 is 12.0 Å². The second-order valence-electron chi connectivity index (χ2n) is 4.93. The van der Waals surface area contributed by atoms with Crippen LogP contribution in [0.4, 0.5) is 0 Å². The molecular formula is C13H15N5O2. The quantitative estimate of drug-likeness (QED) is 0.874. The van der Waals surface area contributed by atoms with Gasteiger partial charge >= 0.3 is 5.97 Å². The molecule has 20 heavy (non-hydrogen) atoms. The van der Waals surface area contributed by atoms with E-state index >= 15 is 0 Å². The van der Waals surface area contributed by atoms with E-state index in [-0.39, 0.29) is 0 Å². The Morgan fingerprint density at radius 3 is 3.10 bits per heavy atom. The van der Waals surface area contributed by atoms with E-state index in [4.69, 9.17) is 0 Å². The highest BCUT2D eigenvalue weighted by atomic mass is 16.4. The molecule has 0 saturated heterocycles. The van der Waals surface area contributed by atoms with Gasteiger partial charge in [0, 0.05) is 12.2 Å². The van der Waals surface area contributed by atoms with Crippen molar-refractivity contribution in [3.63, 3.8) is 0 Å². The zero-order chi connectivity index (χ0) is 14.1. The molecule has 0 aliphatic carbocycles. The summed E-state index contributed by atoms with van der Waals surface area (Å²) in [7, 11) is 0. The van der Waals surface area contributed by atoms with Gasteiger partial charge in [-0.2, -0.15) is 0 Å². The molecule has 0 saturated carbocycles. The molecule has 0 bridgehead atoms. The summed E-state index contributed by atoms with van der Waals surface area (Å²) < 4.78 is 1.79. The fourth-order valence-electron chi connectivity index (χ4n) is 2.44. The normalized spacial score (nSPS) is 18.8. The van der Waals surface area contributed by atoms with Crippen molar-refractivity contribution in [2.75, 3.05) is 0 Å². The second-order valence-corrected chi connectivity index (χ2v) is 4.93. The van der Waals surface area contributed by atoms with Crippen LogP contribution in [0, 0.1) is 6.92 Å². The minimum absolute atomic E-state index is 0.365. The van der Waals surface area contributed by atoms with Crippen LogP contribution in [-0.4, -0.2) is 41.8 Å². The third-order valence-corrected chi connectivity index (χ3v) is 3.45.